The lowest BCUT2D eigenvalue weighted by Crippen LogP contribution is -2.45. The Balaban J connectivity index is 2.35. The molecule has 0 aliphatic rings. The molecule has 8 nitrogen and oxygen atoms in total. The molecule has 0 aromatic heterocycles. The van der Waals surface area contributed by atoms with Crippen LogP contribution in [0.1, 0.15) is 24.2 Å². The fourth-order valence-electron chi connectivity index (χ4n) is 2.81. The monoisotopic (exact) mass is 488 g/mol. The summed E-state index contributed by atoms with van der Waals surface area (Å²) >= 11 is 12.2. The van der Waals surface area contributed by atoms with E-state index in [0.717, 1.165) is 10.6 Å². The first-order chi connectivity index (χ1) is 14.5. The molecule has 2 aromatic rings. The minimum absolute atomic E-state index is 0.0948. The van der Waals surface area contributed by atoms with Gasteiger partial charge in [0.1, 0.15) is 11.8 Å². The van der Waals surface area contributed by atoms with Gasteiger partial charge < -0.3 is 14.8 Å². The van der Waals surface area contributed by atoms with Crippen LogP contribution in [0, 0.1) is 0 Å². The number of anilines is 2. The molecule has 168 valence electrons. The molecule has 1 amide bonds. The molecule has 0 aliphatic carbocycles. The summed E-state index contributed by atoms with van der Waals surface area (Å²) < 4.78 is 36.1. The van der Waals surface area contributed by atoms with Crippen molar-refractivity contribution >= 4 is 56.5 Å². The van der Waals surface area contributed by atoms with Crippen LogP contribution in [0.2, 0.25) is 10.0 Å². The van der Waals surface area contributed by atoms with E-state index in [0.29, 0.717) is 0 Å². The molecule has 0 saturated carbocycles. The largest absolute Gasteiger partial charge is 0.495 e. The fraction of sp³-hybridized carbons (Fsp3) is 0.300. The van der Waals surface area contributed by atoms with E-state index in [9.17, 15) is 18.0 Å². The predicted octanol–water partition coefficient (Wildman–Crippen LogP) is 3.97. The third kappa shape index (κ3) is 6.03. The van der Waals surface area contributed by atoms with E-state index in [2.05, 4.69) is 5.32 Å². The number of sulfonamides is 1. The van der Waals surface area contributed by atoms with E-state index in [-0.39, 0.29) is 39.3 Å². The number of nitrogens with one attached hydrogen (secondary N) is 1. The van der Waals surface area contributed by atoms with Crippen LogP contribution >= 0.6 is 23.2 Å². The molecule has 1 N–H and O–H groups in total. The zero-order valence-corrected chi connectivity index (χ0v) is 19.6. The second-order valence-electron chi connectivity index (χ2n) is 6.46. The number of benzene rings is 2. The Morgan fingerprint density at radius 2 is 1.84 bits per heavy atom. The zero-order chi connectivity index (χ0) is 23.3. The number of carbonyl (C=O) groups is 2. The first-order valence-electron chi connectivity index (χ1n) is 9.10. The van der Waals surface area contributed by atoms with Crippen LogP contribution in [0.25, 0.3) is 0 Å². The first kappa shape index (κ1) is 24.8. The van der Waals surface area contributed by atoms with Crippen LogP contribution in [-0.4, -0.2) is 46.3 Å². The van der Waals surface area contributed by atoms with Gasteiger partial charge in [0.2, 0.25) is 15.9 Å². The van der Waals surface area contributed by atoms with Crippen LogP contribution in [-0.2, 0) is 19.6 Å². The van der Waals surface area contributed by atoms with E-state index < -0.39 is 27.9 Å². The summed E-state index contributed by atoms with van der Waals surface area (Å²) in [7, 11) is -2.52. The standard InChI is InChI=1S/C20H22Cl2N2O6S/c1-5-30-20(26)13-6-8-16(15(22)10-13)23-19(25)12(2)24(31(4,27)28)17-11-14(21)7-9-18(17)29-3/h6-12H,5H2,1-4H3,(H,23,25). The molecule has 1 atom stereocenters. The highest BCUT2D eigenvalue weighted by atomic mass is 35.5. The normalized spacial score (nSPS) is 12.1. The highest BCUT2D eigenvalue weighted by Crippen LogP contribution is 2.34. The molecule has 0 fully saturated rings. The van der Waals surface area contributed by atoms with Crippen molar-refractivity contribution in [2.45, 2.75) is 19.9 Å². The highest BCUT2D eigenvalue weighted by molar-refractivity contribution is 7.92. The molecular formula is C20H22Cl2N2O6S. The number of rotatable bonds is 8. The second kappa shape index (κ2) is 10.2. The first-order valence-corrected chi connectivity index (χ1v) is 11.7. The van der Waals surface area contributed by atoms with Gasteiger partial charge in [-0.3, -0.25) is 9.10 Å². The van der Waals surface area contributed by atoms with Gasteiger partial charge in [-0.2, -0.15) is 0 Å². The predicted molar refractivity (Wildman–Crippen MR) is 121 cm³/mol. The quantitative estimate of drug-likeness (QED) is 0.563. The number of hydrogen-bond acceptors (Lipinski definition) is 6. The van der Waals surface area contributed by atoms with Crippen molar-refractivity contribution in [3.05, 3.63) is 52.0 Å². The lowest BCUT2D eigenvalue weighted by Gasteiger charge is -2.29. The van der Waals surface area contributed by atoms with E-state index in [1.54, 1.807) is 13.0 Å². The SMILES string of the molecule is CCOC(=O)c1ccc(NC(=O)C(C)N(c2cc(Cl)ccc2OC)S(C)(=O)=O)c(Cl)c1. The Morgan fingerprint density at radius 1 is 1.16 bits per heavy atom. The van der Waals surface area contributed by atoms with Gasteiger partial charge in [-0.05, 0) is 50.2 Å². The molecular weight excluding hydrogens is 467 g/mol. The molecule has 1 unspecified atom stereocenters. The van der Waals surface area contributed by atoms with Crippen LogP contribution in [0.3, 0.4) is 0 Å². The maximum atomic E-state index is 12.9. The Bertz CT molecular complexity index is 1090. The highest BCUT2D eigenvalue weighted by Gasteiger charge is 2.32. The van der Waals surface area contributed by atoms with Gasteiger partial charge >= 0.3 is 5.97 Å². The van der Waals surface area contributed by atoms with Gasteiger partial charge in [0.05, 0.1) is 41.9 Å². The molecule has 2 aromatic carbocycles. The van der Waals surface area contributed by atoms with Crippen molar-refractivity contribution in [1.29, 1.82) is 0 Å². The Morgan fingerprint density at radius 3 is 2.39 bits per heavy atom. The molecule has 0 saturated heterocycles. The van der Waals surface area contributed by atoms with Crippen molar-refractivity contribution in [3.63, 3.8) is 0 Å². The maximum Gasteiger partial charge on any atom is 0.338 e. The third-order valence-corrected chi connectivity index (χ3v) is 5.98. The van der Waals surface area contributed by atoms with Gasteiger partial charge in [0, 0.05) is 5.02 Å². The molecule has 0 spiro atoms. The summed E-state index contributed by atoms with van der Waals surface area (Å²) in [5.41, 5.74) is 0.543. The summed E-state index contributed by atoms with van der Waals surface area (Å²) in [6.07, 6.45) is 0.970. The molecule has 0 aliphatic heterocycles. The second-order valence-corrected chi connectivity index (χ2v) is 9.16. The summed E-state index contributed by atoms with van der Waals surface area (Å²) in [5.74, 6) is -0.975. The summed E-state index contributed by atoms with van der Waals surface area (Å²) in [6.45, 7) is 3.30. The van der Waals surface area contributed by atoms with Gasteiger partial charge in [0.15, 0.2) is 0 Å². The topological polar surface area (TPSA) is 102 Å². The van der Waals surface area contributed by atoms with Crippen LogP contribution in [0.15, 0.2) is 36.4 Å². The number of halogens is 2. The van der Waals surface area contributed by atoms with Crippen LogP contribution < -0.4 is 14.4 Å². The summed E-state index contributed by atoms with van der Waals surface area (Å²) in [6, 6.07) is 7.50. The fourth-order valence-corrected chi connectivity index (χ4v) is 4.38. The zero-order valence-electron chi connectivity index (χ0n) is 17.3. The molecule has 0 bridgehead atoms. The van der Waals surface area contributed by atoms with Crippen molar-refractivity contribution in [1.82, 2.24) is 0 Å². The Kier molecular flexibility index (Phi) is 8.16. The molecule has 2 rings (SSSR count). The number of amides is 1. The van der Waals surface area contributed by atoms with Gasteiger partial charge in [-0.25, -0.2) is 13.2 Å². The third-order valence-electron chi connectivity index (χ3n) is 4.20. The molecule has 0 heterocycles. The Hall–Kier alpha value is -2.49. The Labute approximate surface area is 191 Å². The summed E-state index contributed by atoms with van der Waals surface area (Å²) in [4.78, 5) is 24.7. The number of ether oxygens (including phenoxy) is 2. The lowest BCUT2D eigenvalue weighted by molar-refractivity contribution is -0.116. The van der Waals surface area contributed by atoms with Crippen molar-refractivity contribution in [2.75, 3.05) is 29.6 Å². The number of esters is 1. The van der Waals surface area contributed by atoms with E-state index in [1.165, 1.54) is 44.4 Å². The van der Waals surface area contributed by atoms with Crippen LogP contribution in [0.4, 0.5) is 11.4 Å². The van der Waals surface area contributed by atoms with Crippen molar-refractivity contribution in [2.24, 2.45) is 0 Å². The van der Waals surface area contributed by atoms with E-state index >= 15 is 0 Å². The number of hydrogen-bond donors (Lipinski definition) is 1. The number of nitrogens with zero attached hydrogens (tertiary/aromatic N) is 1. The lowest BCUT2D eigenvalue weighted by atomic mass is 10.2. The van der Waals surface area contributed by atoms with Crippen molar-refractivity contribution < 1.29 is 27.5 Å². The van der Waals surface area contributed by atoms with Gasteiger partial charge in [-0.1, -0.05) is 23.2 Å². The van der Waals surface area contributed by atoms with Gasteiger partial charge in [-0.15, -0.1) is 0 Å². The number of methoxy groups -OCH3 is 1. The van der Waals surface area contributed by atoms with Crippen LogP contribution in [0.5, 0.6) is 5.75 Å². The average molecular weight is 489 g/mol. The molecule has 31 heavy (non-hydrogen) atoms. The number of carbonyl (C=O) groups excluding carboxylic acids is 2. The van der Waals surface area contributed by atoms with Gasteiger partial charge in [0.25, 0.3) is 0 Å². The summed E-state index contributed by atoms with van der Waals surface area (Å²) in [5, 5.41) is 2.95. The smallest absolute Gasteiger partial charge is 0.338 e. The van der Waals surface area contributed by atoms with E-state index in [4.69, 9.17) is 32.7 Å². The van der Waals surface area contributed by atoms with E-state index in [1.807, 2.05) is 0 Å². The average Bonchev–Trinajstić information content (AvgIpc) is 2.68. The molecule has 11 heteroatoms. The minimum atomic E-state index is -3.90. The maximum absolute atomic E-state index is 12.9. The minimum Gasteiger partial charge on any atom is -0.495 e. The molecule has 0 radical (unpaired) electrons. The van der Waals surface area contributed by atoms with Crippen molar-refractivity contribution in [3.8, 4) is 5.75 Å².